The molecule has 2 N–H and O–H groups in total. The molecule has 0 saturated carbocycles. The van der Waals surface area contributed by atoms with Gasteiger partial charge in [-0.3, -0.25) is 19.7 Å². The van der Waals surface area contributed by atoms with Crippen LogP contribution in [0.15, 0.2) is 57.4 Å². The number of halogens is 1. The number of hydrogen-bond donors (Lipinski definition) is 2. The minimum absolute atomic E-state index is 0.140. The van der Waals surface area contributed by atoms with Crippen LogP contribution in [0.2, 0.25) is 0 Å². The highest BCUT2D eigenvalue weighted by Gasteiger charge is 2.36. The van der Waals surface area contributed by atoms with Crippen molar-refractivity contribution in [3.8, 4) is 11.1 Å². The molecule has 0 radical (unpaired) electrons. The molecular weight excluding hydrogens is 521 g/mol. The molecule has 0 spiro atoms. The second kappa shape index (κ2) is 11.9. The van der Waals surface area contributed by atoms with E-state index in [0.29, 0.717) is 17.8 Å². The fraction of sp³-hybridized carbons (Fsp3) is 0.370. The van der Waals surface area contributed by atoms with Crippen molar-refractivity contribution in [1.29, 1.82) is 0 Å². The fourth-order valence-electron chi connectivity index (χ4n) is 4.66. The van der Waals surface area contributed by atoms with Crippen LogP contribution < -0.4 is 15.5 Å². The molecule has 2 unspecified atom stereocenters. The van der Waals surface area contributed by atoms with E-state index in [1.165, 1.54) is 17.9 Å². The SMILES string of the molecule is CSCCN=C1NC=NC2C1N=CN2Cc1ccc(-c2ccc(N3C[C@H](CNC(C)=O)OC3=O)cc2F)cc1. The number of aliphatic imine (C=N–C) groups is 3. The number of anilines is 1. The zero-order valence-electron chi connectivity index (χ0n) is 21.7. The second-order valence-electron chi connectivity index (χ2n) is 9.39. The maximum Gasteiger partial charge on any atom is 0.414 e. The van der Waals surface area contributed by atoms with Gasteiger partial charge in [-0.2, -0.15) is 11.8 Å². The Bertz CT molecular complexity index is 1320. The van der Waals surface area contributed by atoms with Crippen molar-refractivity contribution in [2.45, 2.75) is 31.8 Å². The highest BCUT2D eigenvalue weighted by Crippen LogP contribution is 2.30. The molecule has 2 aromatic carbocycles. The molecule has 0 bridgehead atoms. The van der Waals surface area contributed by atoms with Crippen LogP contribution in [-0.4, -0.2) is 85.4 Å². The van der Waals surface area contributed by atoms with Gasteiger partial charge in [0.2, 0.25) is 5.91 Å². The van der Waals surface area contributed by atoms with Gasteiger partial charge in [0.15, 0.2) is 6.17 Å². The van der Waals surface area contributed by atoms with E-state index in [1.54, 1.807) is 30.2 Å². The average Bonchev–Trinajstić information content (AvgIpc) is 3.51. The summed E-state index contributed by atoms with van der Waals surface area (Å²) in [7, 11) is 0. The molecule has 0 aliphatic carbocycles. The molecule has 3 aliphatic rings. The van der Waals surface area contributed by atoms with Crippen molar-refractivity contribution in [1.82, 2.24) is 15.5 Å². The minimum Gasteiger partial charge on any atom is -0.442 e. The first kappa shape index (κ1) is 26.7. The van der Waals surface area contributed by atoms with Crippen LogP contribution in [0.4, 0.5) is 14.9 Å². The van der Waals surface area contributed by atoms with Crippen LogP contribution >= 0.6 is 11.8 Å². The highest BCUT2D eigenvalue weighted by atomic mass is 32.2. The maximum absolute atomic E-state index is 15.1. The normalized spacial score (nSPS) is 22.7. The van der Waals surface area contributed by atoms with Gasteiger partial charge in [-0.25, -0.2) is 14.2 Å². The fourth-order valence-corrected chi connectivity index (χ4v) is 4.94. The van der Waals surface area contributed by atoms with Gasteiger partial charge in [-0.05, 0) is 35.6 Å². The summed E-state index contributed by atoms with van der Waals surface area (Å²) in [6.45, 7) is 3.19. The summed E-state index contributed by atoms with van der Waals surface area (Å²) < 4.78 is 20.4. The van der Waals surface area contributed by atoms with E-state index in [9.17, 15) is 9.59 Å². The smallest absolute Gasteiger partial charge is 0.414 e. The second-order valence-corrected chi connectivity index (χ2v) is 10.4. The first-order valence-electron chi connectivity index (χ1n) is 12.6. The molecule has 2 aromatic rings. The Morgan fingerprint density at radius 3 is 2.82 bits per heavy atom. The van der Waals surface area contributed by atoms with Gasteiger partial charge < -0.3 is 20.3 Å². The Labute approximate surface area is 230 Å². The van der Waals surface area contributed by atoms with E-state index >= 15 is 4.39 Å². The van der Waals surface area contributed by atoms with E-state index in [2.05, 4.69) is 36.8 Å². The number of amides is 2. The number of amidine groups is 1. The predicted molar refractivity (Wildman–Crippen MR) is 152 cm³/mol. The van der Waals surface area contributed by atoms with Crippen molar-refractivity contribution in [2.24, 2.45) is 15.0 Å². The number of thioether (sulfide) groups is 1. The third-order valence-corrected chi connectivity index (χ3v) is 7.23. The maximum atomic E-state index is 15.1. The molecule has 1 fully saturated rings. The zero-order chi connectivity index (χ0) is 27.4. The lowest BCUT2D eigenvalue weighted by atomic mass is 10.0. The summed E-state index contributed by atoms with van der Waals surface area (Å²) in [6.07, 6.45) is 4.37. The van der Waals surface area contributed by atoms with Crippen molar-refractivity contribution in [2.75, 3.05) is 36.5 Å². The number of nitrogens with one attached hydrogen (secondary N) is 2. The number of cyclic esters (lactones) is 1. The first-order chi connectivity index (χ1) is 18.9. The van der Waals surface area contributed by atoms with Crippen LogP contribution in [0, 0.1) is 5.82 Å². The average molecular weight is 552 g/mol. The number of carbonyl (C=O) groups is 2. The van der Waals surface area contributed by atoms with Crippen LogP contribution in [0.3, 0.4) is 0 Å². The minimum atomic E-state index is -0.564. The molecule has 0 aromatic heterocycles. The lowest BCUT2D eigenvalue weighted by Crippen LogP contribution is -2.47. The van der Waals surface area contributed by atoms with E-state index in [1.807, 2.05) is 30.6 Å². The Hall–Kier alpha value is -3.93. The van der Waals surface area contributed by atoms with Gasteiger partial charge in [-0.1, -0.05) is 24.3 Å². The summed E-state index contributed by atoms with van der Waals surface area (Å²) in [4.78, 5) is 40.7. The Morgan fingerprint density at radius 2 is 2.08 bits per heavy atom. The van der Waals surface area contributed by atoms with Crippen molar-refractivity contribution >= 4 is 48.0 Å². The summed E-state index contributed by atoms with van der Waals surface area (Å²) >= 11 is 1.75. The Morgan fingerprint density at radius 1 is 1.26 bits per heavy atom. The molecule has 3 atom stereocenters. The van der Waals surface area contributed by atoms with E-state index in [4.69, 9.17) is 4.74 Å². The molecular formula is C27H30FN7O3S. The predicted octanol–water partition coefficient (Wildman–Crippen LogP) is 2.89. The van der Waals surface area contributed by atoms with Gasteiger partial charge >= 0.3 is 6.09 Å². The molecule has 3 heterocycles. The Balaban J connectivity index is 1.22. The summed E-state index contributed by atoms with van der Waals surface area (Å²) in [5.74, 6) is 1.14. The summed E-state index contributed by atoms with van der Waals surface area (Å²) in [6, 6.07) is 12.2. The van der Waals surface area contributed by atoms with Crippen molar-refractivity contribution < 1.29 is 18.7 Å². The van der Waals surface area contributed by atoms with E-state index in [-0.39, 0.29) is 31.2 Å². The number of rotatable bonds is 9. The number of fused-ring (bicyclic) bond motifs is 1. The number of ether oxygens (including phenoxy) is 1. The van der Waals surface area contributed by atoms with Crippen LogP contribution in [0.1, 0.15) is 12.5 Å². The molecule has 10 nitrogen and oxygen atoms in total. The van der Waals surface area contributed by atoms with Crippen molar-refractivity contribution in [3.63, 3.8) is 0 Å². The molecule has 204 valence electrons. The first-order valence-corrected chi connectivity index (χ1v) is 14.0. The zero-order valence-corrected chi connectivity index (χ0v) is 22.5. The lowest BCUT2D eigenvalue weighted by Gasteiger charge is -2.28. The standard InChI is InChI=1S/C27H30FN7O3S/c1-17(36)30-12-21-14-35(27(37)38-21)20-7-8-22(23(28)11-20)19-5-3-18(4-6-19)13-34-16-33-24-25(29-9-10-39-2)31-15-32-26(24)34/h3-8,11,15-16,21,24,26H,9-10,12-14H2,1-2H3,(H,30,36)(H,29,31,32)/t21-,24?,26?/m0/s1. The largest absolute Gasteiger partial charge is 0.442 e. The lowest BCUT2D eigenvalue weighted by molar-refractivity contribution is -0.119. The highest BCUT2D eigenvalue weighted by molar-refractivity contribution is 7.98. The summed E-state index contributed by atoms with van der Waals surface area (Å²) in [5, 5.41) is 5.76. The number of nitrogens with zero attached hydrogens (tertiary/aromatic N) is 5. The van der Waals surface area contributed by atoms with Gasteiger partial charge in [0.1, 0.15) is 23.8 Å². The van der Waals surface area contributed by atoms with E-state index < -0.39 is 18.0 Å². The van der Waals surface area contributed by atoms with Crippen LogP contribution in [0.25, 0.3) is 11.1 Å². The van der Waals surface area contributed by atoms with E-state index in [0.717, 1.165) is 29.3 Å². The molecule has 3 aliphatic heterocycles. The molecule has 12 heteroatoms. The topological polar surface area (TPSA) is 111 Å². The van der Waals surface area contributed by atoms with Gasteiger partial charge in [0.25, 0.3) is 0 Å². The number of benzene rings is 2. The number of carbonyl (C=O) groups excluding carboxylic acids is 2. The molecule has 5 rings (SSSR count). The quantitative estimate of drug-likeness (QED) is 0.464. The Kier molecular flexibility index (Phi) is 8.10. The molecule has 39 heavy (non-hydrogen) atoms. The third kappa shape index (κ3) is 6.06. The van der Waals surface area contributed by atoms with Gasteiger partial charge in [-0.15, -0.1) is 0 Å². The van der Waals surface area contributed by atoms with Crippen molar-refractivity contribution in [3.05, 3.63) is 53.8 Å². The summed E-state index contributed by atoms with van der Waals surface area (Å²) in [5.41, 5.74) is 2.61. The monoisotopic (exact) mass is 551 g/mol. The molecule has 2 amide bonds. The number of hydrogen-bond acceptors (Lipinski definition) is 8. The van der Waals surface area contributed by atoms with Crippen LogP contribution in [0.5, 0.6) is 0 Å². The third-order valence-electron chi connectivity index (χ3n) is 6.64. The van der Waals surface area contributed by atoms with Gasteiger partial charge in [0, 0.05) is 24.8 Å². The van der Waals surface area contributed by atoms with Gasteiger partial charge in [0.05, 0.1) is 38.0 Å². The molecule has 1 saturated heterocycles. The van der Waals surface area contributed by atoms with Crippen LogP contribution in [-0.2, 0) is 16.1 Å².